The Labute approximate surface area is 270 Å². The molecule has 0 aliphatic carbocycles. The maximum atomic E-state index is 14.6. The lowest BCUT2D eigenvalue weighted by Gasteiger charge is -2.41. The van der Waals surface area contributed by atoms with Gasteiger partial charge in [-0.2, -0.15) is 26.3 Å². The molecule has 3 aromatic carbocycles. The fourth-order valence-corrected chi connectivity index (χ4v) is 6.55. The number of amides is 1. The van der Waals surface area contributed by atoms with E-state index in [0.29, 0.717) is 13.2 Å². The normalized spacial score (nSPS) is 16.2. The van der Waals surface area contributed by atoms with Crippen LogP contribution in [0.15, 0.2) is 65.5 Å². The van der Waals surface area contributed by atoms with Crippen molar-refractivity contribution in [1.82, 2.24) is 14.8 Å². The van der Waals surface area contributed by atoms with Crippen molar-refractivity contribution in [2.45, 2.75) is 37.7 Å². The summed E-state index contributed by atoms with van der Waals surface area (Å²) in [5.41, 5.74) is -5.17. The van der Waals surface area contributed by atoms with E-state index in [1.54, 1.807) is 4.90 Å². The largest absolute Gasteiger partial charge is 0.480 e. The molecule has 1 saturated heterocycles. The predicted octanol–water partition coefficient (Wildman–Crippen LogP) is 5.78. The number of aliphatic carboxylic acids is 1. The molecule has 0 spiro atoms. The van der Waals surface area contributed by atoms with Gasteiger partial charge in [0.1, 0.15) is 11.5 Å². The summed E-state index contributed by atoms with van der Waals surface area (Å²) in [5.74, 6) is -3.04. The molecular formula is C34H33F6N3O5. The molecule has 2 heterocycles. The minimum absolute atomic E-state index is 0.0473. The van der Waals surface area contributed by atoms with Gasteiger partial charge in [0.2, 0.25) is 5.91 Å². The molecule has 0 bridgehead atoms. The van der Waals surface area contributed by atoms with Crippen LogP contribution in [0.5, 0.6) is 0 Å². The topological polar surface area (TPSA) is 101 Å². The van der Waals surface area contributed by atoms with Crippen LogP contribution in [-0.2, 0) is 34.0 Å². The monoisotopic (exact) mass is 677 g/mol. The highest BCUT2D eigenvalue weighted by atomic mass is 19.4. The molecule has 0 radical (unpaired) electrons. The van der Waals surface area contributed by atoms with Crippen LogP contribution in [0.2, 0.25) is 0 Å². The first-order valence-electron chi connectivity index (χ1n) is 15.1. The average Bonchev–Trinajstić information content (AvgIpc) is 3.04. The van der Waals surface area contributed by atoms with E-state index in [2.05, 4.69) is 5.32 Å². The van der Waals surface area contributed by atoms with Gasteiger partial charge < -0.3 is 24.6 Å². The summed E-state index contributed by atoms with van der Waals surface area (Å²) in [7, 11) is 2.83. The van der Waals surface area contributed by atoms with E-state index in [9.17, 15) is 45.8 Å². The number of carboxylic acid groups (broad SMARTS) is 1. The van der Waals surface area contributed by atoms with Gasteiger partial charge in [0.25, 0.3) is 5.56 Å². The quantitative estimate of drug-likeness (QED) is 0.218. The summed E-state index contributed by atoms with van der Waals surface area (Å²) < 4.78 is 93.3. The molecule has 1 aliphatic rings. The molecule has 2 N–H and O–H groups in total. The highest BCUT2D eigenvalue weighted by Gasteiger charge is 2.61. The molecule has 256 valence electrons. The van der Waals surface area contributed by atoms with Crippen molar-refractivity contribution in [3.63, 3.8) is 0 Å². The van der Waals surface area contributed by atoms with Crippen LogP contribution in [-0.4, -0.2) is 72.0 Å². The second-order valence-corrected chi connectivity index (χ2v) is 11.9. The van der Waals surface area contributed by atoms with Crippen molar-refractivity contribution in [1.29, 1.82) is 0 Å². The molecule has 1 aromatic heterocycles. The number of aromatic nitrogens is 1. The molecule has 1 aliphatic heterocycles. The lowest BCUT2D eigenvalue weighted by atomic mass is 9.76. The van der Waals surface area contributed by atoms with Crippen LogP contribution in [0, 0.1) is 5.41 Å². The predicted molar refractivity (Wildman–Crippen MR) is 166 cm³/mol. The number of hydrogen-bond donors (Lipinski definition) is 2. The second-order valence-electron chi connectivity index (χ2n) is 11.9. The number of aryl methyl sites for hydroxylation is 1. The molecule has 48 heavy (non-hydrogen) atoms. The van der Waals surface area contributed by atoms with Crippen molar-refractivity contribution < 1.29 is 45.8 Å². The van der Waals surface area contributed by atoms with Crippen LogP contribution < -0.4 is 10.9 Å². The molecular weight excluding hydrogens is 644 g/mol. The molecule has 8 nitrogen and oxygen atoms in total. The Morgan fingerprint density at radius 1 is 0.938 bits per heavy atom. The standard InChI is InChI=1S/C34H33F6N3O5/c1-42-26-12-4-3-8-24(26)28(33(35,36)37)27(29(42)44)23-11-6-9-21-20(7-5-10-22(21)23)19-25(30(45)46)41-31(47)32(34(38,39)40)13-15-43(16-14-32)17-18-48-2/h3-12,25H,13-19H2,1-2H3,(H,41,47)(H,45,46)/t25-/m0/s1. The molecule has 5 rings (SSSR count). The number of halogens is 6. The third-order valence-corrected chi connectivity index (χ3v) is 9.19. The number of alkyl halides is 6. The molecule has 0 unspecified atom stereocenters. The van der Waals surface area contributed by atoms with E-state index in [4.69, 9.17) is 4.74 Å². The van der Waals surface area contributed by atoms with Crippen molar-refractivity contribution in [3.05, 3.63) is 82.1 Å². The van der Waals surface area contributed by atoms with E-state index in [0.717, 1.165) is 4.57 Å². The lowest BCUT2D eigenvalue weighted by molar-refractivity contribution is -0.233. The number of hydrogen-bond acceptors (Lipinski definition) is 5. The number of nitrogens with zero attached hydrogens (tertiary/aromatic N) is 2. The van der Waals surface area contributed by atoms with Crippen LogP contribution in [0.4, 0.5) is 26.3 Å². The van der Waals surface area contributed by atoms with Gasteiger partial charge in [-0.3, -0.25) is 9.59 Å². The van der Waals surface area contributed by atoms with E-state index >= 15 is 0 Å². The van der Waals surface area contributed by atoms with Gasteiger partial charge in [0, 0.05) is 32.5 Å². The van der Waals surface area contributed by atoms with Gasteiger partial charge in [-0.15, -0.1) is 0 Å². The van der Waals surface area contributed by atoms with Gasteiger partial charge in [0.15, 0.2) is 0 Å². The van der Waals surface area contributed by atoms with Crippen LogP contribution in [0.3, 0.4) is 0 Å². The Morgan fingerprint density at radius 2 is 1.56 bits per heavy atom. The Morgan fingerprint density at radius 3 is 2.19 bits per heavy atom. The SMILES string of the molecule is COCCN1CCC(C(=O)N[C@@H](Cc2cccc3c(-c4c(C(F)(F)F)c5ccccc5n(C)c4=O)cccc23)C(=O)O)(C(F)(F)F)CC1. The van der Waals surface area contributed by atoms with Gasteiger partial charge in [-0.1, -0.05) is 54.6 Å². The van der Waals surface area contributed by atoms with E-state index < -0.39 is 71.6 Å². The highest BCUT2D eigenvalue weighted by Crippen LogP contribution is 2.47. The molecule has 0 saturated carbocycles. The number of carbonyl (C=O) groups excluding carboxylic acids is 1. The summed E-state index contributed by atoms with van der Waals surface area (Å²) >= 11 is 0. The molecule has 14 heteroatoms. The number of rotatable bonds is 9. The zero-order valence-corrected chi connectivity index (χ0v) is 26.0. The maximum absolute atomic E-state index is 14.6. The molecule has 1 fully saturated rings. The van der Waals surface area contributed by atoms with E-state index in [-0.39, 0.29) is 45.9 Å². The summed E-state index contributed by atoms with van der Waals surface area (Å²) in [5, 5.41) is 12.4. The van der Waals surface area contributed by atoms with Crippen LogP contribution >= 0.6 is 0 Å². The first kappa shape index (κ1) is 34.9. The fraction of sp³-hybridized carbons (Fsp3) is 0.382. The summed E-state index contributed by atoms with van der Waals surface area (Å²) in [6, 6.07) is 12.5. The highest BCUT2D eigenvalue weighted by molar-refractivity contribution is 6.02. The van der Waals surface area contributed by atoms with Crippen molar-refractivity contribution in [2.75, 3.05) is 33.4 Å². The number of likely N-dealkylation sites (tertiary alicyclic amines) is 1. The van der Waals surface area contributed by atoms with Crippen molar-refractivity contribution in [2.24, 2.45) is 12.5 Å². The molecule has 4 aromatic rings. The van der Waals surface area contributed by atoms with E-state index in [1.165, 1.54) is 74.8 Å². The Bertz CT molecular complexity index is 1910. The lowest BCUT2D eigenvalue weighted by Crippen LogP contribution is -2.59. The number of pyridine rings is 1. The van der Waals surface area contributed by atoms with Gasteiger partial charge in [-0.05, 0) is 53.9 Å². The Hall–Kier alpha value is -4.43. The van der Waals surface area contributed by atoms with Gasteiger partial charge in [-0.25, -0.2) is 4.79 Å². The number of nitrogens with one attached hydrogen (secondary N) is 1. The number of benzene rings is 3. The van der Waals surface area contributed by atoms with Gasteiger partial charge in [0.05, 0.1) is 23.3 Å². The first-order chi connectivity index (χ1) is 22.6. The first-order valence-corrected chi connectivity index (χ1v) is 15.1. The number of ether oxygens (including phenoxy) is 1. The number of piperidine rings is 1. The number of fused-ring (bicyclic) bond motifs is 2. The smallest absolute Gasteiger partial charge is 0.417 e. The third kappa shape index (κ3) is 6.38. The summed E-state index contributed by atoms with van der Waals surface area (Å²) in [6.07, 6.45) is -11.5. The maximum Gasteiger partial charge on any atom is 0.417 e. The second kappa shape index (κ2) is 13.2. The van der Waals surface area contributed by atoms with Crippen molar-refractivity contribution in [3.8, 4) is 11.1 Å². The minimum Gasteiger partial charge on any atom is -0.480 e. The fourth-order valence-electron chi connectivity index (χ4n) is 6.55. The summed E-state index contributed by atoms with van der Waals surface area (Å²) in [6.45, 7) is 0.581. The number of methoxy groups -OCH3 is 1. The molecule has 1 amide bonds. The third-order valence-electron chi connectivity index (χ3n) is 9.19. The Balaban J connectivity index is 1.54. The minimum atomic E-state index is -4.95. The average molecular weight is 678 g/mol. The Kier molecular flexibility index (Phi) is 9.62. The molecule has 1 atom stereocenters. The van der Waals surface area contributed by atoms with Crippen molar-refractivity contribution >= 4 is 33.6 Å². The number of carboxylic acids is 1. The van der Waals surface area contributed by atoms with E-state index in [1.807, 2.05) is 0 Å². The summed E-state index contributed by atoms with van der Waals surface area (Å²) in [4.78, 5) is 40.9. The van der Waals surface area contributed by atoms with Gasteiger partial charge >= 0.3 is 18.3 Å². The number of para-hydroxylation sites is 1. The number of carbonyl (C=O) groups is 2. The zero-order chi connectivity index (χ0) is 35.0. The van der Waals surface area contributed by atoms with Crippen LogP contribution in [0.1, 0.15) is 24.0 Å². The van der Waals surface area contributed by atoms with Crippen LogP contribution in [0.25, 0.3) is 32.8 Å². The zero-order valence-electron chi connectivity index (χ0n) is 26.0.